The van der Waals surface area contributed by atoms with E-state index in [0.717, 1.165) is 19.3 Å². The van der Waals surface area contributed by atoms with E-state index < -0.39 is 6.10 Å². The molecule has 2 atom stereocenters. The van der Waals surface area contributed by atoms with Gasteiger partial charge in [0.2, 0.25) is 0 Å². The molecule has 0 rings (SSSR count). The van der Waals surface area contributed by atoms with Crippen LogP contribution in [0.5, 0.6) is 0 Å². The van der Waals surface area contributed by atoms with E-state index >= 15 is 0 Å². The fourth-order valence-corrected chi connectivity index (χ4v) is 1.35. The van der Waals surface area contributed by atoms with Crippen LogP contribution in [0, 0.1) is 5.92 Å². The number of allylic oxidation sites excluding steroid dienone is 1. The molecule has 0 aromatic rings. The number of aliphatic hydroxyl groups excluding tert-OH is 1. The Morgan fingerprint density at radius 2 is 2.15 bits per heavy atom. The van der Waals surface area contributed by atoms with Crippen molar-refractivity contribution in [3.8, 4) is 0 Å². The Balaban J connectivity index is 3.72. The highest BCUT2D eigenvalue weighted by atomic mass is 16.3. The molecule has 0 amide bonds. The Hall–Kier alpha value is -0.630. The Morgan fingerprint density at radius 3 is 2.62 bits per heavy atom. The number of aliphatic hydroxyl groups is 1. The second-order valence-electron chi connectivity index (χ2n) is 3.67. The lowest BCUT2D eigenvalue weighted by Crippen LogP contribution is -2.09. The van der Waals surface area contributed by atoms with Crippen LogP contribution in [0.2, 0.25) is 0 Å². The fraction of sp³-hybridized carbons (Fsp3) is 0.727. The average molecular weight is 184 g/mol. The summed E-state index contributed by atoms with van der Waals surface area (Å²) in [5.41, 5.74) is 0. The minimum absolute atomic E-state index is 0.0119. The molecule has 0 heterocycles. The van der Waals surface area contributed by atoms with Gasteiger partial charge in [-0.15, -0.1) is 0 Å². The average Bonchev–Trinajstić information content (AvgIpc) is 2.01. The molecule has 76 valence electrons. The quantitative estimate of drug-likeness (QED) is 0.643. The minimum Gasteiger partial charge on any atom is -0.389 e. The van der Waals surface area contributed by atoms with Gasteiger partial charge in [0.05, 0.1) is 6.10 Å². The van der Waals surface area contributed by atoms with Crippen LogP contribution in [0.3, 0.4) is 0 Å². The smallest absolute Gasteiger partial charge is 0.152 e. The van der Waals surface area contributed by atoms with E-state index in [9.17, 15) is 9.90 Å². The highest BCUT2D eigenvalue weighted by Gasteiger charge is 2.06. The van der Waals surface area contributed by atoms with Gasteiger partial charge in [-0.1, -0.05) is 32.8 Å². The maximum absolute atomic E-state index is 10.6. The zero-order valence-corrected chi connectivity index (χ0v) is 8.79. The van der Waals surface area contributed by atoms with Crippen molar-refractivity contribution in [3.63, 3.8) is 0 Å². The first-order valence-corrected chi connectivity index (χ1v) is 4.93. The Labute approximate surface area is 80.7 Å². The zero-order valence-electron chi connectivity index (χ0n) is 8.79. The lowest BCUT2D eigenvalue weighted by molar-refractivity contribution is -0.112. The van der Waals surface area contributed by atoms with Gasteiger partial charge >= 0.3 is 0 Å². The Morgan fingerprint density at radius 1 is 1.54 bits per heavy atom. The molecule has 0 bridgehead atoms. The molecule has 2 nitrogen and oxygen atoms in total. The van der Waals surface area contributed by atoms with Crippen molar-refractivity contribution in [2.75, 3.05) is 0 Å². The third kappa shape index (κ3) is 7.72. The highest BCUT2D eigenvalue weighted by Crippen LogP contribution is 2.12. The van der Waals surface area contributed by atoms with E-state index in [1.807, 2.05) is 0 Å². The first-order chi connectivity index (χ1) is 6.06. The second-order valence-corrected chi connectivity index (χ2v) is 3.67. The summed E-state index contributed by atoms with van der Waals surface area (Å²) >= 11 is 0. The van der Waals surface area contributed by atoms with Gasteiger partial charge in [-0.2, -0.15) is 0 Å². The molecule has 2 heteroatoms. The molecule has 13 heavy (non-hydrogen) atoms. The maximum Gasteiger partial charge on any atom is 0.152 e. The van der Waals surface area contributed by atoms with Crippen LogP contribution in [0.1, 0.15) is 40.0 Å². The van der Waals surface area contributed by atoms with Crippen LogP contribution in [0.15, 0.2) is 12.2 Å². The van der Waals surface area contributed by atoms with E-state index in [-0.39, 0.29) is 5.78 Å². The van der Waals surface area contributed by atoms with Crippen molar-refractivity contribution in [1.29, 1.82) is 0 Å². The third-order valence-electron chi connectivity index (χ3n) is 1.98. The number of hydrogen-bond acceptors (Lipinski definition) is 2. The van der Waals surface area contributed by atoms with Gasteiger partial charge in [0.25, 0.3) is 0 Å². The monoisotopic (exact) mass is 184 g/mol. The lowest BCUT2D eigenvalue weighted by atomic mass is 9.98. The zero-order chi connectivity index (χ0) is 10.3. The summed E-state index contributed by atoms with van der Waals surface area (Å²) in [7, 11) is 0. The van der Waals surface area contributed by atoms with Gasteiger partial charge in [0.1, 0.15) is 0 Å². The van der Waals surface area contributed by atoms with Gasteiger partial charge in [-0.05, 0) is 25.3 Å². The number of carbonyl (C=O) groups excluding carboxylic acids is 1. The van der Waals surface area contributed by atoms with Crippen molar-refractivity contribution in [1.82, 2.24) is 0 Å². The summed E-state index contributed by atoms with van der Waals surface area (Å²) in [4.78, 5) is 10.6. The Kier molecular flexibility index (Phi) is 6.51. The SMILES string of the molecule is CCCC(C)CC(O)/C=C/C(C)=O. The molecule has 0 saturated carbocycles. The van der Waals surface area contributed by atoms with E-state index in [1.54, 1.807) is 6.08 Å². The number of carbonyl (C=O) groups is 1. The predicted molar refractivity (Wildman–Crippen MR) is 54.5 cm³/mol. The summed E-state index contributed by atoms with van der Waals surface area (Å²) in [6.07, 6.45) is 5.57. The standard InChI is InChI=1S/C11H20O2/c1-4-5-9(2)8-11(13)7-6-10(3)12/h6-7,9,11,13H,4-5,8H2,1-3H3/b7-6+. The van der Waals surface area contributed by atoms with E-state index in [0.29, 0.717) is 5.92 Å². The molecule has 0 aliphatic heterocycles. The molecule has 0 aliphatic rings. The minimum atomic E-state index is -0.467. The largest absolute Gasteiger partial charge is 0.389 e. The van der Waals surface area contributed by atoms with Crippen LogP contribution < -0.4 is 0 Å². The van der Waals surface area contributed by atoms with Crippen LogP contribution in [0.4, 0.5) is 0 Å². The maximum atomic E-state index is 10.6. The second kappa shape index (κ2) is 6.84. The van der Waals surface area contributed by atoms with Crippen molar-refractivity contribution >= 4 is 5.78 Å². The molecule has 0 aromatic carbocycles. The summed E-state index contributed by atoms with van der Waals surface area (Å²) in [6, 6.07) is 0. The highest BCUT2D eigenvalue weighted by molar-refractivity contribution is 5.87. The van der Waals surface area contributed by atoms with Crippen molar-refractivity contribution < 1.29 is 9.90 Å². The molecule has 2 unspecified atom stereocenters. The third-order valence-corrected chi connectivity index (χ3v) is 1.98. The molecule has 0 spiro atoms. The molecule has 0 radical (unpaired) electrons. The van der Waals surface area contributed by atoms with Crippen LogP contribution in [-0.4, -0.2) is 17.0 Å². The molecule has 0 aromatic heterocycles. The van der Waals surface area contributed by atoms with Crippen LogP contribution >= 0.6 is 0 Å². The molecular weight excluding hydrogens is 164 g/mol. The molecule has 1 N–H and O–H groups in total. The van der Waals surface area contributed by atoms with Crippen molar-refractivity contribution in [2.24, 2.45) is 5.92 Å². The van der Waals surface area contributed by atoms with Gasteiger partial charge in [-0.3, -0.25) is 4.79 Å². The molecular formula is C11H20O2. The molecule has 0 aliphatic carbocycles. The van der Waals surface area contributed by atoms with E-state index in [2.05, 4.69) is 13.8 Å². The van der Waals surface area contributed by atoms with Crippen molar-refractivity contribution in [3.05, 3.63) is 12.2 Å². The van der Waals surface area contributed by atoms with E-state index in [1.165, 1.54) is 13.0 Å². The lowest BCUT2D eigenvalue weighted by Gasteiger charge is -2.12. The van der Waals surface area contributed by atoms with Gasteiger partial charge in [-0.25, -0.2) is 0 Å². The summed E-state index contributed by atoms with van der Waals surface area (Å²) in [5.74, 6) is 0.513. The number of ketones is 1. The first-order valence-electron chi connectivity index (χ1n) is 4.93. The summed E-state index contributed by atoms with van der Waals surface area (Å²) in [5, 5.41) is 9.46. The number of rotatable bonds is 6. The normalized spacial score (nSPS) is 16.0. The fourth-order valence-electron chi connectivity index (χ4n) is 1.35. The summed E-state index contributed by atoms with van der Waals surface area (Å²) < 4.78 is 0. The topological polar surface area (TPSA) is 37.3 Å². The van der Waals surface area contributed by atoms with E-state index in [4.69, 9.17) is 0 Å². The van der Waals surface area contributed by atoms with Gasteiger partial charge in [0.15, 0.2) is 5.78 Å². The summed E-state index contributed by atoms with van der Waals surface area (Å²) in [6.45, 7) is 5.74. The van der Waals surface area contributed by atoms with Gasteiger partial charge < -0.3 is 5.11 Å². The molecule has 0 saturated heterocycles. The Bertz CT molecular complexity index is 173. The van der Waals surface area contributed by atoms with Gasteiger partial charge in [0, 0.05) is 0 Å². The van der Waals surface area contributed by atoms with Crippen LogP contribution in [-0.2, 0) is 4.79 Å². The van der Waals surface area contributed by atoms with Crippen molar-refractivity contribution in [2.45, 2.75) is 46.1 Å². The first kappa shape index (κ1) is 12.4. The molecule has 0 fully saturated rings. The number of hydrogen-bond donors (Lipinski definition) is 1. The van der Waals surface area contributed by atoms with Crippen LogP contribution in [0.25, 0.3) is 0 Å². The predicted octanol–water partition coefficient (Wildman–Crippen LogP) is 2.32.